The van der Waals surface area contributed by atoms with Gasteiger partial charge < -0.3 is 0 Å². The number of nitrogens with zero attached hydrogens (tertiary/aromatic N) is 2. The molecular weight excluding hydrogens is 160 g/mol. The average molecular weight is 176 g/mol. The normalized spacial score (nSPS) is 8.62. The minimum Gasteiger partial charge on any atom is -0.263 e. The Hall–Kier alpha value is -1.36. The van der Waals surface area contributed by atoms with Crippen LogP contribution in [-0.2, 0) is 0 Å². The molecule has 0 radical (unpaired) electrons. The van der Waals surface area contributed by atoms with Crippen molar-refractivity contribution in [2.75, 3.05) is 0 Å². The van der Waals surface area contributed by atoms with Crippen molar-refractivity contribution in [3.63, 3.8) is 0 Å². The van der Waals surface area contributed by atoms with Crippen molar-refractivity contribution in [1.29, 1.82) is 5.26 Å². The second-order valence-electron chi connectivity index (χ2n) is 2.73. The van der Waals surface area contributed by atoms with Crippen molar-refractivity contribution in [1.82, 2.24) is 4.98 Å². The first-order chi connectivity index (χ1) is 6.25. The lowest BCUT2D eigenvalue weighted by molar-refractivity contribution is 0.858. The van der Waals surface area contributed by atoms with Gasteiger partial charge in [0.1, 0.15) is 6.07 Å². The molecular formula is C11H16N2. The molecule has 1 aromatic rings. The molecule has 0 fully saturated rings. The standard InChI is InChI=1S/C9H10N2.C2H6/c1-7(2)9-3-4-11-6-8(9)5-10;1-2/h3-4,6-7H,1-2H3;1-2H3. The zero-order chi connectivity index (χ0) is 10.3. The highest BCUT2D eigenvalue weighted by Crippen LogP contribution is 2.16. The molecule has 0 bridgehead atoms. The van der Waals surface area contributed by atoms with E-state index in [1.165, 1.54) is 0 Å². The Morgan fingerprint density at radius 3 is 2.38 bits per heavy atom. The summed E-state index contributed by atoms with van der Waals surface area (Å²) >= 11 is 0. The van der Waals surface area contributed by atoms with Gasteiger partial charge in [0.05, 0.1) is 5.56 Å². The predicted molar refractivity (Wildman–Crippen MR) is 54.4 cm³/mol. The van der Waals surface area contributed by atoms with Crippen LogP contribution in [0.3, 0.4) is 0 Å². The van der Waals surface area contributed by atoms with Crippen LogP contribution in [0.5, 0.6) is 0 Å². The third-order valence-corrected chi connectivity index (χ3v) is 1.60. The molecule has 0 N–H and O–H groups in total. The first-order valence-corrected chi connectivity index (χ1v) is 4.59. The molecule has 0 aliphatic heterocycles. The summed E-state index contributed by atoms with van der Waals surface area (Å²) in [4.78, 5) is 3.88. The maximum atomic E-state index is 8.68. The fraction of sp³-hybridized carbons (Fsp3) is 0.455. The summed E-state index contributed by atoms with van der Waals surface area (Å²) in [5.41, 5.74) is 1.75. The van der Waals surface area contributed by atoms with E-state index in [0.29, 0.717) is 11.5 Å². The van der Waals surface area contributed by atoms with Gasteiger partial charge in [-0.3, -0.25) is 4.98 Å². The third kappa shape index (κ3) is 3.25. The van der Waals surface area contributed by atoms with Gasteiger partial charge in [0, 0.05) is 12.4 Å². The van der Waals surface area contributed by atoms with Gasteiger partial charge >= 0.3 is 0 Å². The summed E-state index contributed by atoms with van der Waals surface area (Å²) < 4.78 is 0. The van der Waals surface area contributed by atoms with Gasteiger partial charge in [0.15, 0.2) is 0 Å². The summed E-state index contributed by atoms with van der Waals surface area (Å²) in [5, 5.41) is 8.68. The van der Waals surface area contributed by atoms with E-state index in [0.717, 1.165) is 5.56 Å². The summed E-state index contributed by atoms with van der Waals surface area (Å²) in [5.74, 6) is 0.396. The first-order valence-electron chi connectivity index (χ1n) is 4.59. The molecule has 0 saturated heterocycles. The van der Waals surface area contributed by atoms with Gasteiger partial charge in [-0.1, -0.05) is 27.7 Å². The van der Waals surface area contributed by atoms with E-state index in [2.05, 4.69) is 24.9 Å². The Morgan fingerprint density at radius 1 is 1.38 bits per heavy atom. The molecule has 0 aliphatic carbocycles. The highest BCUT2D eigenvalue weighted by Gasteiger charge is 2.03. The van der Waals surface area contributed by atoms with Gasteiger partial charge in [-0.2, -0.15) is 5.26 Å². The van der Waals surface area contributed by atoms with Crippen LogP contribution in [0.4, 0.5) is 0 Å². The lowest BCUT2D eigenvalue weighted by Gasteiger charge is -2.04. The second kappa shape index (κ2) is 6.19. The minimum atomic E-state index is 0.396. The Labute approximate surface area is 80.2 Å². The first kappa shape index (κ1) is 11.6. The van der Waals surface area contributed by atoms with Crippen LogP contribution in [-0.4, -0.2) is 4.98 Å². The zero-order valence-electron chi connectivity index (χ0n) is 8.70. The maximum Gasteiger partial charge on any atom is 0.101 e. The zero-order valence-corrected chi connectivity index (χ0v) is 8.70. The van der Waals surface area contributed by atoms with Crippen molar-refractivity contribution in [2.24, 2.45) is 0 Å². The van der Waals surface area contributed by atoms with Crippen LogP contribution in [0, 0.1) is 11.3 Å². The molecule has 0 unspecified atom stereocenters. The van der Waals surface area contributed by atoms with E-state index in [-0.39, 0.29) is 0 Å². The number of nitriles is 1. The predicted octanol–water partition coefficient (Wildman–Crippen LogP) is 3.10. The minimum absolute atomic E-state index is 0.396. The lowest BCUT2D eigenvalue weighted by atomic mass is 10.0. The van der Waals surface area contributed by atoms with Crippen LogP contribution in [0.15, 0.2) is 18.5 Å². The average Bonchev–Trinajstić information content (AvgIpc) is 2.20. The highest BCUT2D eigenvalue weighted by molar-refractivity contribution is 5.36. The molecule has 0 aliphatic rings. The van der Waals surface area contributed by atoms with Gasteiger partial charge in [-0.25, -0.2) is 0 Å². The second-order valence-corrected chi connectivity index (χ2v) is 2.73. The molecule has 1 rings (SSSR count). The maximum absolute atomic E-state index is 8.68. The van der Waals surface area contributed by atoms with E-state index < -0.39 is 0 Å². The van der Waals surface area contributed by atoms with Crippen molar-refractivity contribution in [2.45, 2.75) is 33.6 Å². The van der Waals surface area contributed by atoms with E-state index in [1.807, 2.05) is 19.9 Å². The Morgan fingerprint density at radius 2 is 2.00 bits per heavy atom. The molecule has 13 heavy (non-hydrogen) atoms. The number of hydrogen-bond acceptors (Lipinski definition) is 2. The molecule has 0 atom stereocenters. The molecule has 70 valence electrons. The van der Waals surface area contributed by atoms with Crippen molar-refractivity contribution < 1.29 is 0 Å². The number of hydrogen-bond donors (Lipinski definition) is 0. The van der Waals surface area contributed by atoms with Crippen molar-refractivity contribution >= 4 is 0 Å². The molecule has 1 heterocycles. The fourth-order valence-corrected chi connectivity index (χ4v) is 1.00. The quantitative estimate of drug-likeness (QED) is 0.659. The molecule has 2 nitrogen and oxygen atoms in total. The van der Waals surface area contributed by atoms with Crippen molar-refractivity contribution in [3.8, 4) is 6.07 Å². The molecule has 0 amide bonds. The molecule has 1 aromatic heterocycles. The molecule has 0 aromatic carbocycles. The SMILES string of the molecule is CC.CC(C)c1ccncc1C#N. The van der Waals surface area contributed by atoms with E-state index in [1.54, 1.807) is 12.4 Å². The van der Waals surface area contributed by atoms with E-state index in [4.69, 9.17) is 5.26 Å². The lowest BCUT2D eigenvalue weighted by Crippen LogP contribution is -1.92. The molecule has 0 saturated carbocycles. The largest absolute Gasteiger partial charge is 0.263 e. The van der Waals surface area contributed by atoms with E-state index >= 15 is 0 Å². The van der Waals surface area contributed by atoms with Crippen LogP contribution in [0.1, 0.15) is 44.7 Å². The molecule has 2 heteroatoms. The molecule has 0 spiro atoms. The highest BCUT2D eigenvalue weighted by atomic mass is 14.6. The third-order valence-electron chi connectivity index (χ3n) is 1.60. The Bertz CT molecular complexity index is 284. The Kier molecular flexibility index (Phi) is 5.54. The topological polar surface area (TPSA) is 36.7 Å². The summed E-state index contributed by atoms with van der Waals surface area (Å²) in [7, 11) is 0. The number of pyridine rings is 1. The van der Waals surface area contributed by atoms with Crippen LogP contribution < -0.4 is 0 Å². The monoisotopic (exact) mass is 176 g/mol. The summed E-state index contributed by atoms with van der Waals surface area (Å²) in [6.07, 6.45) is 3.32. The smallest absolute Gasteiger partial charge is 0.101 e. The Balaban J connectivity index is 0.000000671. The van der Waals surface area contributed by atoms with Crippen LogP contribution >= 0.6 is 0 Å². The van der Waals surface area contributed by atoms with E-state index in [9.17, 15) is 0 Å². The number of aromatic nitrogens is 1. The fourth-order valence-electron chi connectivity index (χ4n) is 1.00. The number of rotatable bonds is 1. The van der Waals surface area contributed by atoms with Gasteiger partial charge in [-0.05, 0) is 17.5 Å². The van der Waals surface area contributed by atoms with Gasteiger partial charge in [0.2, 0.25) is 0 Å². The summed E-state index contributed by atoms with van der Waals surface area (Å²) in [6.45, 7) is 8.13. The van der Waals surface area contributed by atoms with Crippen LogP contribution in [0.2, 0.25) is 0 Å². The van der Waals surface area contributed by atoms with Crippen molar-refractivity contribution in [3.05, 3.63) is 29.6 Å². The van der Waals surface area contributed by atoms with Gasteiger partial charge in [-0.15, -0.1) is 0 Å². The summed E-state index contributed by atoms with van der Waals surface area (Å²) in [6, 6.07) is 4.01. The van der Waals surface area contributed by atoms with Gasteiger partial charge in [0.25, 0.3) is 0 Å². The van der Waals surface area contributed by atoms with Crippen LogP contribution in [0.25, 0.3) is 0 Å².